The van der Waals surface area contributed by atoms with Gasteiger partial charge >= 0.3 is 11.9 Å². The van der Waals surface area contributed by atoms with E-state index in [1.807, 2.05) is 0 Å². The van der Waals surface area contributed by atoms with Crippen LogP contribution >= 0.6 is 0 Å². The first-order chi connectivity index (χ1) is 9.90. The molecule has 112 valence electrons. The quantitative estimate of drug-likeness (QED) is 0.469. The summed E-state index contributed by atoms with van der Waals surface area (Å²) in [6.07, 6.45) is 2.39. The number of benzene rings is 1. The van der Waals surface area contributed by atoms with E-state index in [-0.39, 0.29) is 12.0 Å². The Morgan fingerprint density at radius 1 is 1.33 bits per heavy atom. The summed E-state index contributed by atoms with van der Waals surface area (Å²) in [5.41, 5.74) is -1.08. The molecular formula is C13H12FNO6. The maximum Gasteiger partial charge on any atom is 0.341 e. The molecule has 1 aromatic rings. The van der Waals surface area contributed by atoms with Crippen molar-refractivity contribution in [3.05, 3.63) is 45.3 Å². The first-order valence-electron chi connectivity index (χ1n) is 5.70. The van der Waals surface area contributed by atoms with E-state index in [2.05, 4.69) is 9.47 Å². The fraction of sp³-hybridized carbons (Fsp3) is 0.231. The standard InChI is InChI=1S/C13H12FNO6/c1-20-12(16)5-3-4-8-6-10(14)9(13(17)21-2)7-11(8)15(18)19/h3-4,6-7H,5H2,1-2H3/b4-3-. The molecule has 0 aliphatic heterocycles. The van der Waals surface area contributed by atoms with Crippen LogP contribution < -0.4 is 0 Å². The lowest BCUT2D eigenvalue weighted by Crippen LogP contribution is -2.06. The van der Waals surface area contributed by atoms with Gasteiger partial charge in [-0.1, -0.05) is 12.2 Å². The number of hydrogen-bond acceptors (Lipinski definition) is 6. The number of ether oxygens (including phenoxy) is 2. The van der Waals surface area contributed by atoms with Gasteiger partial charge in [0, 0.05) is 6.07 Å². The number of carbonyl (C=O) groups excluding carboxylic acids is 2. The van der Waals surface area contributed by atoms with Crippen molar-refractivity contribution in [3.8, 4) is 0 Å². The zero-order chi connectivity index (χ0) is 16.0. The highest BCUT2D eigenvalue weighted by Crippen LogP contribution is 2.25. The van der Waals surface area contributed by atoms with Crippen LogP contribution in [0.1, 0.15) is 22.3 Å². The molecule has 0 unspecified atom stereocenters. The molecule has 1 rings (SSSR count). The lowest BCUT2D eigenvalue weighted by Gasteiger charge is -2.04. The fourth-order valence-electron chi connectivity index (χ4n) is 1.50. The fourth-order valence-corrected chi connectivity index (χ4v) is 1.50. The highest BCUT2D eigenvalue weighted by Gasteiger charge is 2.21. The second-order valence-corrected chi connectivity index (χ2v) is 3.82. The number of nitrogens with zero attached hydrogens (tertiary/aromatic N) is 1. The minimum absolute atomic E-state index is 0.0749. The van der Waals surface area contributed by atoms with Crippen LogP contribution in [0.25, 0.3) is 6.08 Å². The second kappa shape index (κ2) is 7.13. The van der Waals surface area contributed by atoms with Crippen LogP contribution in [0.2, 0.25) is 0 Å². The number of nitro groups is 1. The van der Waals surface area contributed by atoms with Gasteiger partial charge in [-0.25, -0.2) is 9.18 Å². The summed E-state index contributed by atoms with van der Waals surface area (Å²) in [6, 6.07) is 1.62. The Balaban J connectivity index is 3.20. The molecule has 0 spiro atoms. The van der Waals surface area contributed by atoms with E-state index in [1.54, 1.807) is 0 Å². The number of halogens is 1. The number of hydrogen-bond donors (Lipinski definition) is 0. The van der Waals surface area contributed by atoms with Crippen LogP contribution in [-0.2, 0) is 14.3 Å². The van der Waals surface area contributed by atoms with Crippen molar-refractivity contribution in [1.29, 1.82) is 0 Å². The molecule has 0 amide bonds. The molecule has 0 saturated heterocycles. The van der Waals surface area contributed by atoms with E-state index >= 15 is 0 Å². The molecule has 0 aromatic heterocycles. The number of carbonyl (C=O) groups is 2. The minimum Gasteiger partial charge on any atom is -0.469 e. The van der Waals surface area contributed by atoms with Gasteiger partial charge in [-0.05, 0) is 6.07 Å². The Hall–Kier alpha value is -2.77. The van der Waals surface area contributed by atoms with Crippen molar-refractivity contribution in [2.45, 2.75) is 6.42 Å². The largest absolute Gasteiger partial charge is 0.469 e. The van der Waals surface area contributed by atoms with Gasteiger partial charge in [-0.3, -0.25) is 14.9 Å². The van der Waals surface area contributed by atoms with E-state index in [1.165, 1.54) is 19.3 Å². The normalized spacial score (nSPS) is 10.4. The number of methoxy groups -OCH3 is 2. The van der Waals surface area contributed by atoms with Crippen LogP contribution in [0.4, 0.5) is 10.1 Å². The van der Waals surface area contributed by atoms with Gasteiger partial charge in [0.05, 0.1) is 31.1 Å². The van der Waals surface area contributed by atoms with Gasteiger partial charge in [0.1, 0.15) is 11.4 Å². The summed E-state index contributed by atoms with van der Waals surface area (Å²) in [6.45, 7) is 0. The van der Waals surface area contributed by atoms with Crippen molar-refractivity contribution >= 4 is 23.7 Å². The molecule has 1 aromatic carbocycles. The summed E-state index contributed by atoms with van der Waals surface area (Å²) >= 11 is 0. The predicted molar refractivity (Wildman–Crippen MR) is 70.1 cm³/mol. The SMILES string of the molecule is COC(=O)C/C=C\c1cc(F)c(C(=O)OC)cc1[N+](=O)[O-]. The second-order valence-electron chi connectivity index (χ2n) is 3.82. The van der Waals surface area contributed by atoms with Crippen LogP contribution in [0.3, 0.4) is 0 Å². The lowest BCUT2D eigenvalue weighted by atomic mass is 10.1. The molecule has 0 fully saturated rings. The zero-order valence-electron chi connectivity index (χ0n) is 11.3. The number of nitro benzene ring substituents is 1. The highest BCUT2D eigenvalue weighted by atomic mass is 19.1. The molecule has 21 heavy (non-hydrogen) atoms. The summed E-state index contributed by atoms with van der Waals surface area (Å²) < 4.78 is 22.5. The van der Waals surface area contributed by atoms with Crippen molar-refractivity contribution in [1.82, 2.24) is 0 Å². The highest BCUT2D eigenvalue weighted by molar-refractivity contribution is 5.91. The van der Waals surface area contributed by atoms with Gasteiger partial charge in [0.2, 0.25) is 0 Å². The van der Waals surface area contributed by atoms with Gasteiger partial charge in [-0.15, -0.1) is 0 Å². The third kappa shape index (κ3) is 4.10. The van der Waals surface area contributed by atoms with E-state index in [0.717, 1.165) is 19.2 Å². The Morgan fingerprint density at radius 2 is 2.00 bits per heavy atom. The first-order valence-corrected chi connectivity index (χ1v) is 5.70. The van der Waals surface area contributed by atoms with Crippen molar-refractivity contribution < 1.29 is 28.4 Å². The van der Waals surface area contributed by atoms with Crippen molar-refractivity contribution in [2.24, 2.45) is 0 Å². The predicted octanol–water partition coefficient (Wildman–Crippen LogP) is 2.10. The van der Waals surface area contributed by atoms with Crippen LogP contribution in [0.15, 0.2) is 18.2 Å². The van der Waals surface area contributed by atoms with Crippen LogP contribution in [-0.4, -0.2) is 31.1 Å². The molecule has 0 atom stereocenters. The average Bonchev–Trinajstić information content (AvgIpc) is 2.46. The zero-order valence-corrected chi connectivity index (χ0v) is 11.3. The average molecular weight is 297 g/mol. The Labute approximate surface area is 119 Å². The molecular weight excluding hydrogens is 285 g/mol. The molecule has 0 radical (unpaired) electrons. The maximum atomic E-state index is 13.7. The van der Waals surface area contributed by atoms with Gasteiger partial charge < -0.3 is 9.47 Å². The molecule has 0 aliphatic rings. The summed E-state index contributed by atoms with van der Waals surface area (Å²) in [4.78, 5) is 32.4. The monoisotopic (exact) mass is 297 g/mol. The van der Waals surface area contributed by atoms with Gasteiger partial charge in [0.15, 0.2) is 0 Å². The third-order valence-electron chi connectivity index (χ3n) is 2.53. The maximum absolute atomic E-state index is 13.7. The molecule has 0 heterocycles. The molecule has 0 N–H and O–H groups in total. The van der Waals surface area contributed by atoms with E-state index < -0.39 is 33.9 Å². The van der Waals surface area contributed by atoms with E-state index in [9.17, 15) is 24.1 Å². The molecule has 0 aliphatic carbocycles. The number of esters is 2. The third-order valence-corrected chi connectivity index (χ3v) is 2.53. The summed E-state index contributed by atoms with van der Waals surface area (Å²) in [5, 5.41) is 11.0. The molecule has 8 heteroatoms. The van der Waals surface area contributed by atoms with Crippen LogP contribution in [0.5, 0.6) is 0 Å². The smallest absolute Gasteiger partial charge is 0.341 e. The molecule has 0 saturated carbocycles. The Kier molecular flexibility index (Phi) is 5.53. The minimum atomic E-state index is -1.01. The first kappa shape index (κ1) is 16.3. The summed E-state index contributed by atoms with van der Waals surface area (Å²) in [7, 11) is 2.24. The lowest BCUT2D eigenvalue weighted by molar-refractivity contribution is -0.385. The van der Waals surface area contributed by atoms with Gasteiger partial charge in [0.25, 0.3) is 5.69 Å². The Bertz CT molecular complexity index is 611. The Morgan fingerprint density at radius 3 is 2.52 bits per heavy atom. The molecule has 7 nitrogen and oxygen atoms in total. The van der Waals surface area contributed by atoms with E-state index in [0.29, 0.717) is 0 Å². The van der Waals surface area contributed by atoms with Crippen molar-refractivity contribution in [3.63, 3.8) is 0 Å². The van der Waals surface area contributed by atoms with E-state index in [4.69, 9.17) is 0 Å². The molecule has 0 bridgehead atoms. The summed E-state index contributed by atoms with van der Waals surface area (Å²) in [5.74, 6) is -2.51. The van der Waals surface area contributed by atoms with Crippen molar-refractivity contribution in [2.75, 3.05) is 14.2 Å². The number of rotatable bonds is 5. The topological polar surface area (TPSA) is 95.7 Å². The van der Waals surface area contributed by atoms with Crippen LogP contribution in [0, 0.1) is 15.9 Å². The van der Waals surface area contributed by atoms with Gasteiger partial charge in [-0.2, -0.15) is 0 Å².